The van der Waals surface area contributed by atoms with Gasteiger partial charge in [0.2, 0.25) is 11.8 Å². The Labute approximate surface area is 148 Å². The molecule has 0 unspecified atom stereocenters. The zero-order valence-corrected chi connectivity index (χ0v) is 15.0. The molecule has 2 amide bonds. The molecular formula is C19H27N3O3. The highest BCUT2D eigenvalue weighted by Gasteiger charge is 2.36. The van der Waals surface area contributed by atoms with Crippen LogP contribution in [0.5, 0.6) is 5.75 Å². The number of phenols is 1. The van der Waals surface area contributed by atoms with Gasteiger partial charge in [0.15, 0.2) is 0 Å². The highest BCUT2D eigenvalue weighted by molar-refractivity contribution is 5.97. The molecule has 0 bridgehead atoms. The Morgan fingerprint density at radius 1 is 1.40 bits per heavy atom. The van der Waals surface area contributed by atoms with E-state index in [9.17, 15) is 14.7 Å². The first kappa shape index (κ1) is 17.7. The van der Waals surface area contributed by atoms with Crippen LogP contribution in [0.2, 0.25) is 0 Å². The minimum atomic E-state index is -0.326. The van der Waals surface area contributed by atoms with Crippen LogP contribution < -0.4 is 5.32 Å². The lowest BCUT2D eigenvalue weighted by molar-refractivity contribution is -0.128. The highest BCUT2D eigenvalue weighted by Crippen LogP contribution is 2.25. The number of nitrogens with one attached hydrogen (secondary N) is 1. The molecule has 0 aromatic heterocycles. The summed E-state index contributed by atoms with van der Waals surface area (Å²) in [6.07, 6.45) is 2.57. The summed E-state index contributed by atoms with van der Waals surface area (Å²) in [5.74, 6) is -0.261. The van der Waals surface area contributed by atoms with E-state index in [4.69, 9.17) is 0 Å². The van der Waals surface area contributed by atoms with Crippen molar-refractivity contribution in [2.24, 2.45) is 5.92 Å². The summed E-state index contributed by atoms with van der Waals surface area (Å²) in [5.41, 5.74) is 1.32. The van der Waals surface area contributed by atoms with Crippen LogP contribution in [0.1, 0.15) is 31.7 Å². The summed E-state index contributed by atoms with van der Waals surface area (Å²) in [6.45, 7) is 7.27. The van der Waals surface area contributed by atoms with Crippen molar-refractivity contribution in [3.05, 3.63) is 23.8 Å². The number of likely N-dealkylation sites (tertiary alicyclic amines) is 2. The topological polar surface area (TPSA) is 72.9 Å². The lowest BCUT2D eigenvalue weighted by atomic mass is 10.1. The molecule has 1 aromatic carbocycles. The molecule has 2 N–H and O–H groups in total. The minimum Gasteiger partial charge on any atom is -0.508 e. The number of aromatic hydroxyl groups is 1. The predicted octanol–water partition coefficient (Wildman–Crippen LogP) is 1.97. The van der Waals surface area contributed by atoms with Gasteiger partial charge in [-0.3, -0.25) is 14.5 Å². The molecule has 0 spiro atoms. The molecular weight excluding hydrogens is 318 g/mol. The number of likely N-dealkylation sites (N-methyl/N-ethyl adjacent to an activating group) is 1. The summed E-state index contributed by atoms with van der Waals surface area (Å²) in [4.78, 5) is 29.0. The number of nitrogens with zero attached hydrogens (tertiary/aromatic N) is 2. The quantitative estimate of drug-likeness (QED) is 0.856. The summed E-state index contributed by atoms with van der Waals surface area (Å²) >= 11 is 0. The monoisotopic (exact) mass is 345 g/mol. The predicted molar refractivity (Wildman–Crippen MR) is 96.4 cm³/mol. The van der Waals surface area contributed by atoms with Gasteiger partial charge in [0.25, 0.3) is 0 Å². The van der Waals surface area contributed by atoms with Crippen LogP contribution in [-0.2, 0) is 9.59 Å². The number of aryl methyl sites for hydroxylation is 1. The van der Waals surface area contributed by atoms with E-state index in [1.807, 2.05) is 4.90 Å². The maximum absolute atomic E-state index is 12.5. The van der Waals surface area contributed by atoms with Crippen LogP contribution in [0.25, 0.3) is 0 Å². The molecule has 2 aliphatic heterocycles. The van der Waals surface area contributed by atoms with Crippen LogP contribution in [0, 0.1) is 12.8 Å². The van der Waals surface area contributed by atoms with E-state index in [-0.39, 0.29) is 29.9 Å². The molecule has 25 heavy (non-hydrogen) atoms. The zero-order chi connectivity index (χ0) is 18.0. The fourth-order valence-electron chi connectivity index (χ4n) is 3.83. The van der Waals surface area contributed by atoms with Crippen molar-refractivity contribution < 1.29 is 14.7 Å². The van der Waals surface area contributed by atoms with Crippen molar-refractivity contribution in [1.82, 2.24) is 9.80 Å². The van der Waals surface area contributed by atoms with E-state index in [1.165, 1.54) is 6.42 Å². The van der Waals surface area contributed by atoms with Crippen LogP contribution in [0.15, 0.2) is 18.2 Å². The van der Waals surface area contributed by atoms with Gasteiger partial charge in [-0.25, -0.2) is 0 Å². The number of amides is 2. The summed E-state index contributed by atoms with van der Waals surface area (Å²) < 4.78 is 0. The Hall–Kier alpha value is -2.08. The Balaban J connectivity index is 1.57. The molecule has 3 rings (SSSR count). The van der Waals surface area contributed by atoms with Crippen molar-refractivity contribution in [1.29, 1.82) is 0 Å². The number of anilines is 1. The normalized spacial score (nSPS) is 24.1. The summed E-state index contributed by atoms with van der Waals surface area (Å²) in [5, 5.41) is 12.6. The molecule has 2 saturated heterocycles. The molecule has 0 aliphatic carbocycles. The van der Waals surface area contributed by atoms with Gasteiger partial charge < -0.3 is 15.3 Å². The third-order valence-electron chi connectivity index (χ3n) is 5.40. The number of benzene rings is 1. The van der Waals surface area contributed by atoms with Gasteiger partial charge in [-0.15, -0.1) is 0 Å². The number of phenolic OH excluding ortho intramolecular Hbond substituents is 1. The molecule has 6 heteroatoms. The minimum absolute atomic E-state index is 0.0647. The standard InChI is InChI=1S/C19H27N3O3/c1-3-21-8-4-5-16(21)12-22-11-14(9-18(22)24)19(25)20-15-7-6-13(2)17(23)10-15/h6-7,10,14,16,23H,3-5,8-9,11-12H2,1-2H3,(H,20,25)/t14-,16+/m0/s1. The number of rotatable bonds is 5. The molecule has 2 atom stereocenters. The van der Waals surface area contributed by atoms with Crippen molar-refractivity contribution in [3.8, 4) is 5.75 Å². The van der Waals surface area contributed by atoms with E-state index >= 15 is 0 Å². The fourth-order valence-corrected chi connectivity index (χ4v) is 3.83. The average Bonchev–Trinajstić information content (AvgIpc) is 3.18. The van der Waals surface area contributed by atoms with Crippen molar-refractivity contribution in [2.45, 2.75) is 39.2 Å². The van der Waals surface area contributed by atoms with Gasteiger partial charge in [0.1, 0.15) is 5.75 Å². The number of carbonyl (C=O) groups is 2. The Morgan fingerprint density at radius 2 is 2.20 bits per heavy atom. The summed E-state index contributed by atoms with van der Waals surface area (Å²) in [7, 11) is 0. The number of hydrogen-bond donors (Lipinski definition) is 2. The van der Waals surface area contributed by atoms with E-state index in [1.54, 1.807) is 25.1 Å². The van der Waals surface area contributed by atoms with Crippen LogP contribution in [-0.4, -0.2) is 58.9 Å². The van der Waals surface area contributed by atoms with Gasteiger partial charge in [-0.05, 0) is 44.5 Å². The molecule has 2 heterocycles. The van der Waals surface area contributed by atoms with Crippen molar-refractivity contribution in [3.63, 3.8) is 0 Å². The average molecular weight is 345 g/mol. The van der Waals surface area contributed by atoms with Crippen molar-refractivity contribution >= 4 is 17.5 Å². The van der Waals surface area contributed by atoms with E-state index in [2.05, 4.69) is 17.1 Å². The highest BCUT2D eigenvalue weighted by atomic mass is 16.3. The molecule has 6 nitrogen and oxygen atoms in total. The third-order valence-corrected chi connectivity index (χ3v) is 5.40. The first-order valence-electron chi connectivity index (χ1n) is 9.10. The van der Waals surface area contributed by atoms with Crippen LogP contribution in [0.4, 0.5) is 5.69 Å². The Morgan fingerprint density at radius 3 is 2.92 bits per heavy atom. The number of hydrogen-bond acceptors (Lipinski definition) is 4. The Bertz CT molecular complexity index is 661. The summed E-state index contributed by atoms with van der Waals surface area (Å²) in [6, 6.07) is 5.49. The van der Waals surface area contributed by atoms with Crippen LogP contribution >= 0.6 is 0 Å². The maximum Gasteiger partial charge on any atom is 0.229 e. The SMILES string of the molecule is CCN1CCC[C@@H]1CN1C[C@@H](C(=O)Nc2ccc(C)c(O)c2)CC1=O. The molecule has 136 valence electrons. The first-order chi connectivity index (χ1) is 12.0. The van der Waals surface area contributed by atoms with Gasteiger partial charge in [0, 0.05) is 37.3 Å². The van der Waals surface area contributed by atoms with E-state index in [0.717, 1.165) is 31.6 Å². The number of carbonyl (C=O) groups excluding carboxylic acids is 2. The smallest absolute Gasteiger partial charge is 0.229 e. The van der Waals surface area contributed by atoms with Gasteiger partial charge >= 0.3 is 0 Å². The van der Waals surface area contributed by atoms with Crippen LogP contribution in [0.3, 0.4) is 0 Å². The maximum atomic E-state index is 12.5. The second-order valence-corrected chi connectivity index (χ2v) is 7.11. The molecule has 1 aromatic rings. The molecule has 2 fully saturated rings. The largest absolute Gasteiger partial charge is 0.508 e. The second-order valence-electron chi connectivity index (χ2n) is 7.11. The van der Waals surface area contributed by atoms with E-state index in [0.29, 0.717) is 18.3 Å². The fraction of sp³-hybridized carbons (Fsp3) is 0.579. The second kappa shape index (κ2) is 7.44. The van der Waals surface area contributed by atoms with E-state index < -0.39 is 0 Å². The molecule has 0 saturated carbocycles. The van der Waals surface area contributed by atoms with Gasteiger partial charge in [-0.1, -0.05) is 13.0 Å². The Kier molecular flexibility index (Phi) is 5.27. The first-order valence-corrected chi connectivity index (χ1v) is 9.10. The third kappa shape index (κ3) is 3.95. The zero-order valence-electron chi connectivity index (χ0n) is 15.0. The molecule has 0 radical (unpaired) electrons. The van der Waals surface area contributed by atoms with Gasteiger partial charge in [-0.2, -0.15) is 0 Å². The van der Waals surface area contributed by atoms with Gasteiger partial charge in [0.05, 0.1) is 5.92 Å². The lowest BCUT2D eigenvalue weighted by Crippen LogP contribution is -2.41. The lowest BCUT2D eigenvalue weighted by Gasteiger charge is -2.27. The molecule has 2 aliphatic rings. The van der Waals surface area contributed by atoms with Crippen molar-refractivity contribution in [2.75, 3.05) is 31.5 Å².